The van der Waals surface area contributed by atoms with Crippen molar-refractivity contribution in [2.75, 3.05) is 20.1 Å². The molecule has 1 amide bonds. The van der Waals surface area contributed by atoms with Crippen LogP contribution in [0.15, 0.2) is 24.3 Å². The van der Waals surface area contributed by atoms with Crippen molar-refractivity contribution in [1.29, 1.82) is 0 Å². The average molecular weight is 266 g/mol. The van der Waals surface area contributed by atoms with E-state index in [0.717, 1.165) is 5.56 Å². The molecular weight excluding hydrogens is 243 g/mol. The lowest BCUT2D eigenvalue weighted by Gasteiger charge is -2.26. The Morgan fingerprint density at radius 2 is 1.89 bits per heavy atom. The summed E-state index contributed by atoms with van der Waals surface area (Å²) in [7, 11) is 1.83. The summed E-state index contributed by atoms with van der Waals surface area (Å²) in [5.74, 6) is -0.273. The first-order valence-corrected chi connectivity index (χ1v) is 6.55. The standard InChI is InChI=1S/C15H23FN2O/c1-11(9-17-4)14(19)18-10-15(2,3)12-5-7-13(16)8-6-12/h5-8,11,17H,9-10H2,1-4H3,(H,18,19). The van der Waals surface area contributed by atoms with Crippen LogP contribution in [0, 0.1) is 11.7 Å². The van der Waals surface area contributed by atoms with Crippen molar-refractivity contribution in [2.24, 2.45) is 5.92 Å². The minimum atomic E-state index is -0.244. The van der Waals surface area contributed by atoms with Gasteiger partial charge in [0.05, 0.1) is 0 Å². The Morgan fingerprint density at radius 1 is 1.32 bits per heavy atom. The third-order valence-electron chi connectivity index (χ3n) is 3.29. The Morgan fingerprint density at radius 3 is 2.42 bits per heavy atom. The number of carbonyl (C=O) groups excluding carboxylic acids is 1. The molecule has 1 aromatic carbocycles. The summed E-state index contributed by atoms with van der Waals surface area (Å²) in [4.78, 5) is 11.9. The van der Waals surface area contributed by atoms with E-state index in [4.69, 9.17) is 0 Å². The molecule has 1 rings (SSSR count). The van der Waals surface area contributed by atoms with Crippen LogP contribution in [0.4, 0.5) is 4.39 Å². The Bertz CT molecular complexity index is 415. The molecule has 1 unspecified atom stereocenters. The Kier molecular flexibility index (Phi) is 5.48. The van der Waals surface area contributed by atoms with Gasteiger partial charge in [0.2, 0.25) is 5.91 Å². The molecule has 4 heteroatoms. The zero-order chi connectivity index (χ0) is 14.5. The number of benzene rings is 1. The van der Waals surface area contributed by atoms with E-state index in [1.165, 1.54) is 12.1 Å². The highest BCUT2D eigenvalue weighted by atomic mass is 19.1. The van der Waals surface area contributed by atoms with Crippen molar-refractivity contribution in [3.05, 3.63) is 35.6 Å². The zero-order valence-corrected chi connectivity index (χ0v) is 12.1. The molecule has 0 bridgehead atoms. The second kappa shape index (κ2) is 6.66. The lowest BCUT2D eigenvalue weighted by atomic mass is 9.84. The van der Waals surface area contributed by atoms with Gasteiger partial charge in [-0.1, -0.05) is 32.9 Å². The summed E-state index contributed by atoms with van der Waals surface area (Å²) in [5, 5.41) is 5.93. The number of hydrogen-bond acceptors (Lipinski definition) is 2. The van der Waals surface area contributed by atoms with Gasteiger partial charge in [-0.2, -0.15) is 0 Å². The van der Waals surface area contributed by atoms with E-state index in [2.05, 4.69) is 10.6 Å². The Balaban J connectivity index is 2.60. The molecule has 0 aliphatic rings. The Hall–Kier alpha value is -1.42. The molecule has 0 radical (unpaired) electrons. The van der Waals surface area contributed by atoms with E-state index in [1.807, 2.05) is 27.8 Å². The predicted molar refractivity (Wildman–Crippen MR) is 75.5 cm³/mol. The third-order valence-corrected chi connectivity index (χ3v) is 3.29. The van der Waals surface area contributed by atoms with E-state index in [-0.39, 0.29) is 23.1 Å². The van der Waals surface area contributed by atoms with Crippen molar-refractivity contribution < 1.29 is 9.18 Å². The van der Waals surface area contributed by atoms with E-state index in [0.29, 0.717) is 13.1 Å². The molecule has 0 fully saturated rings. The second-order valence-corrected chi connectivity index (χ2v) is 5.57. The van der Waals surface area contributed by atoms with Gasteiger partial charge < -0.3 is 10.6 Å². The average Bonchev–Trinajstić information content (AvgIpc) is 2.37. The maximum absolute atomic E-state index is 12.9. The summed E-state index contributed by atoms with van der Waals surface area (Å²) >= 11 is 0. The molecule has 3 nitrogen and oxygen atoms in total. The van der Waals surface area contributed by atoms with Gasteiger partial charge in [-0.25, -0.2) is 4.39 Å². The molecule has 0 aliphatic heterocycles. The van der Waals surface area contributed by atoms with Gasteiger partial charge in [0, 0.05) is 24.4 Å². The van der Waals surface area contributed by atoms with Crippen LogP contribution >= 0.6 is 0 Å². The highest BCUT2D eigenvalue weighted by Crippen LogP contribution is 2.22. The summed E-state index contributed by atoms with van der Waals surface area (Å²) in [5.41, 5.74) is 0.790. The third kappa shape index (κ3) is 4.63. The van der Waals surface area contributed by atoms with Gasteiger partial charge in [-0.15, -0.1) is 0 Å². The van der Waals surface area contributed by atoms with Crippen LogP contribution in [0.1, 0.15) is 26.3 Å². The monoisotopic (exact) mass is 266 g/mol. The molecule has 0 aromatic heterocycles. The molecule has 0 aliphatic carbocycles. The molecule has 2 N–H and O–H groups in total. The molecule has 1 aromatic rings. The van der Waals surface area contributed by atoms with Crippen molar-refractivity contribution >= 4 is 5.91 Å². The van der Waals surface area contributed by atoms with Crippen molar-refractivity contribution in [3.63, 3.8) is 0 Å². The molecule has 0 heterocycles. The van der Waals surface area contributed by atoms with Crippen molar-refractivity contribution in [1.82, 2.24) is 10.6 Å². The Labute approximate surface area is 114 Å². The van der Waals surface area contributed by atoms with Gasteiger partial charge >= 0.3 is 0 Å². The minimum absolute atomic E-state index is 0.0320. The smallest absolute Gasteiger partial charge is 0.224 e. The van der Waals surface area contributed by atoms with Crippen molar-refractivity contribution in [3.8, 4) is 0 Å². The zero-order valence-electron chi connectivity index (χ0n) is 12.1. The first kappa shape index (κ1) is 15.6. The fourth-order valence-electron chi connectivity index (χ4n) is 1.88. The minimum Gasteiger partial charge on any atom is -0.355 e. The SMILES string of the molecule is CNCC(C)C(=O)NCC(C)(C)c1ccc(F)cc1. The quantitative estimate of drug-likeness (QED) is 0.827. The molecule has 0 saturated heterocycles. The van der Waals surface area contributed by atoms with Crippen LogP contribution in [0.5, 0.6) is 0 Å². The predicted octanol–water partition coefficient (Wildman–Crippen LogP) is 2.07. The summed E-state index contributed by atoms with van der Waals surface area (Å²) < 4.78 is 12.9. The van der Waals surface area contributed by atoms with Gasteiger partial charge in [0.15, 0.2) is 0 Å². The number of rotatable bonds is 6. The maximum Gasteiger partial charge on any atom is 0.224 e. The van der Waals surface area contributed by atoms with E-state index in [9.17, 15) is 9.18 Å². The fourth-order valence-corrected chi connectivity index (χ4v) is 1.88. The highest BCUT2D eigenvalue weighted by molar-refractivity contribution is 5.78. The summed E-state index contributed by atoms with van der Waals surface area (Å²) in [6, 6.07) is 6.42. The fraction of sp³-hybridized carbons (Fsp3) is 0.533. The first-order valence-electron chi connectivity index (χ1n) is 6.55. The van der Waals surface area contributed by atoms with Crippen LogP contribution in [-0.2, 0) is 10.2 Å². The van der Waals surface area contributed by atoms with Crippen molar-refractivity contribution in [2.45, 2.75) is 26.2 Å². The van der Waals surface area contributed by atoms with Crippen LogP contribution in [-0.4, -0.2) is 26.0 Å². The topological polar surface area (TPSA) is 41.1 Å². The van der Waals surface area contributed by atoms with E-state index >= 15 is 0 Å². The van der Waals surface area contributed by atoms with Gasteiger partial charge in [0.25, 0.3) is 0 Å². The summed E-state index contributed by atoms with van der Waals surface area (Å²) in [6.07, 6.45) is 0. The normalized spacial score (nSPS) is 13.1. The number of amides is 1. The first-order chi connectivity index (χ1) is 8.86. The maximum atomic E-state index is 12.9. The van der Waals surface area contributed by atoms with Gasteiger partial charge in [-0.05, 0) is 24.7 Å². The number of halogens is 1. The molecule has 0 saturated carbocycles. The van der Waals surface area contributed by atoms with Gasteiger partial charge in [0.1, 0.15) is 5.82 Å². The molecule has 0 spiro atoms. The van der Waals surface area contributed by atoms with Crippen LogP contribution in [0.2, 0.25) is 0 Å². The number of hydrogen-bond donors (Lipinski definition) is 2. The molecule has 1 atom stereocenters. The lowest BCUT2D eigenvalue weighted by Crippen LogP contribution is -2.41. The lowest BCUT2D eigenvalue weighted by molar-refractivity contribution is -0.124. The molecule has 19 heavy (non-hydrogen) atoms. The van der Waals surface area contributed by atoms with Crippen LogP contribution in [0.25, 0.3) is 0 Å². The number of nitrogens with one attached hydrogen (secondary N) is 2. The van der Waals surface area contributed by atoms with E-state index < -0.39 is 0 Å². The van der Waals surface area contributed by atoms with E-state index in [1.54, 1.807) is 12.1 Å². The molecular formula is C15H23FN2O. The van der Waals surface area contributed by atoms with Crippen LogP contribution in [0.3, 0.4) is 0 Å². The number of carbonyl (C=O) groups is 1. The largest absolute Gasteiger partial charge is 0.355 e. The highest BCUT2D eigenvalue weighted by Gasteiger charge is 2.22. The molecule has 106 valence electrons. The van der Waals surface area contributed by atoms with Gasteiger partial charge in [-0.3, -0.25) is 4.79 Å². The van der Waals surface area contributed by atoms with Crippen LogP contribution < -0.4 is 10.6 Å². The second-order valence-electron chi connectivity index (χ2n) is 5.57. The summed E-state index contributed by atoms with van der Waals surface area (Å²) in [6.45, 7) is 7.14.